The molecule has 0 radical (unpaired) electrons. The number of hydrogen-bond acceptors (Lipinski definition) is 2. The minimum atomic E-state index is -1.12. The molecule has 144 valence electrons. The largest absolute Gasteiger partial charge is 0.478 e. The molecule has 6 heteroatoms. The van der Waals surface area contributed by atoms with E-state index in [9.17, 15) is 9.59 Å². The van der Waals surface area contributed by atoms with Crippen LogP contribution in [0.4, 0.5) is 0 Å². The van der Waals surface area contributed by atoms with Crippen LogP contribution in [-0.4, -0.2) is 22.2 Å². The number of aromatic carboxylic acids is 2. The Bertz CT molecular complexity index is 776. The third-order valence-electron chi connectivity index (χ3n) is 3.49. The SMILES string of the molecule is CCCCC=Cc1cc(Br)cc(Br)c1.Cc1cc(C(=O)O)cc(C(=O)O)c1. The molecule has 0 bridgehead atoms. The number of carbonyl (C=O) groups is 2. The Morgan fingerprint density at radius 3 is 1.89 bits per heavy atom. The number of allylic oxidation sites excluding steroid dienone is 1. The van der Waals surface area contributed by atoms with Gasteiger partial charge in [-0.25, -0.2) is 9.59 Å². The Morgan fingerprint density at radius 1 is 0.926 bits per heavy atom. The Hall–Kier alpha value is -1.92. The summed E-state index contributed by atoms with van der Waals surface area (Å²) in [5.74, 6) is -2.24. The molecule has 0 saturated heterocycles. The second kappa shape index (κ2) is 11.7. The maximum atomic E-state index is 10.5. The highest BCUT2D eigenvalue weighted by atomic mass is 79.9. The van der Waals surface area contributed by atoms with Crippen molar-refractivity contribution in [1.82, 2.24) is 0 Å². The number of carboxylic acid groups (broad SMARTS) is 2. The van der Waals surface area contributed by atoms with Gasteiger partial charge in [0.2, 0.25) is 0 Å². The van der Waals surface area contributed by atoms with Gasteiger partial charge in [0, 0.05) is 8.95 Å². The molecule has 0 aliphatic carbocycles. The molecule has 0 amide bonds. The molecule has 0 heterocycles. The third kappa shape index (κ3) is 9.02. The molecule has 4 nitrogen and oxygen atoms in total. The molecule has 0 saturated carbocycles. The van der Waals surface area contributed by atoms with E-state index in [4.69, 9.17) is 10.2 Å². The van der Waals surface area contributed by atoms with E-state index in [1.807, 2.05) is 6.07 Å². The maximum Gasteiger partial charge on any atom is 0.335 e. The normalized spacial score (nSPS) is 10.4. The van der Waals surface area contributed by atoms with Crippen molar-refractivity contribution in [3.05, 3.63) is 73.7 Å². The number of rotatable bonds is 6. The summed E-state index contributed by atoms with van der Waals surface area (Å²) in [4.78, 5) is 21.1. The van der Waals surface area contributed by atoms with Gasteiger partial charge in [-0.05, 0) is 60.9 Å². The summed E-state index contributed by atoms with van der Waals surface area (Å²) < 4.78 is 2.23. The van der Waals surface area contributed by atoms with Crippen molar-refractivity contribution in [2.24, 2.45) is 0 Å². The molecule has 27 heavy (non-hydrogen) atoms. The minimum Gasteiger partial charge on any atom is -0.478 e. The van der Waals surface area contributed by atoms with E-state index in [0.717, 1.165) is 15.0 Å². The zero-order chi connectivity index (χ0) is 20.4. The smallest absolute Gasteiger partial charge is 0.335 e. The van der Waals surface area contributed by atoms with Gasteiger partial charge in [0.15, 0.2) is 0 Å². The predicted octanol–water partition coefficient (Wildman–Crippen LogP) is 6.81. The highest BCUT2D eigenvalue weighted by Gasteiger charge is 2.09. The fraction of sp³-hybridized carbons (Fsp3) is 0.238. The fourth-order valence-corrected chi connectivity index (χ4v) is 3.57. The Morgan fingerprint density at radius 2 is 1.44 bits per heavy atom. The molecule has 0 atom stereocenters. The molecule has 2 N–H and O–H groups in total. The van der Waals surface area contributed by atoms with Crippen LogP contribution in [0.25, 0.3) is 6.08 Å². The van der Waals surface area contributed by atoms with Gasteiger partial charge < -0.3 is 10.2 Å². The van der Waals surface area contributed by atoms with Gasteiger partial charge in [0.05, 0.1) is 11.1 Å². The molecule has 2 rings (SSSR count). The van der Waals surface area contributed by atoms with Crippen LogP contribution in [-0.2, 0) is 0 Å². The summed E-state index contributed by atoms with van der Waals surface area (Å²) in [5.41, 5.74) is 1.86. The quantitative estimate of drug-likeness (QED) is 0.430. The van der Waals surface area contributed by atoms with Gasteiger partial charge >= 0.3 is 11.9 Å². The highest BCUT2D eigenvalue weighted by molar-refractivity contribution is 9.11. The van der Waals surface area contributed by atoms with Crippen LogP contribution in [0.1, 0.15) is 58.0 Å². The fourth-order valence-electron chi connectivity index (χ4n) is 2.24. The Labute approximate surface area is 176 Å². The summed E-state index contributed by atoms with van der Waals surface area (Å²) in [6.07, 6.45) is 8.10. The second-order valence-electron chi connectivity index (χ2n) is 5.95. The number of unbranched alkanes of at least 4 members (excludes halogenated alkanes) is 2. The van der Waals surface area contributed by atoms with E-state index in [1.165, 1.54) is 37.0 Å². The highest BCUT2D eigenvalue weighted by Crippen LogP contribution is 2.21. The summed E-state index contributed by atoms with van der Waals surface area (Å²) >= 11 is 6.94. The second-order valence-corrected chi connectivity index (χ2v) is 7.78. The van der Waals surface area contributed by atoms with Crippen LogP contribution in [0.5, 0.6) is 0 Å². The Kier molecular flexibility index (Phi) is 10.0. The molecule has 2 aromatic carbocycles. The molecular weight excluding hydrogens is 476 g/mol. The number of carboxylic acids is 2. The lowest BCUT2D eigenvalue weighted by Crippen LogP contribution is -2.02. The van der Waals surface area contributed by atoms with Gasteiger partial charge in [-0.15, -0.1) is 0 Å². The van der Waals surface area contributed by atoms with E-state index in [0.29, 0.717) is 5.56 Å². The van der Waals surface area contributed by atoms with Crippen LogP contribution in [0.2, 0.25) is 0 Å². The number of halogens is 2. The summed E-state index contributed by atoms with van der Waals surface area (Å²) in [6.45, 7) is 3.86. The van der Waals surface area contributed by atoms with Crippen molar-refractivity contribution in [3.8, 4) is 0 Å². The molecule has 0 aliphatic rings. The van der Waals surface area contributed by atoms with Crippen LogP contribution in [0, 0.1) is 6.92 Å². The summed E-state index contributed by atoms with van der Waals surface area (Å²) in [5, 5.41) is 17.2. The predicted molar refractivity (Wildman–Crippen MR) is 115 cm³/mol. The van der Waals surface area contributed by atoms with E-state index < -0.39 is 11.9 Å². The van der Waals surface area contributed by atoms with E-state index in [1.54, 1.807) is 6.92 Å². The molecule has 0 fully saturated rings. The first-order valence-electron chi connectivity index (χ1n) is 8.43. The van der Waals surface area contributed by atoms with E-state index >= 15 is 0 Å². The monoisotopic (exact) mass is 496 g/mol. The number of benzene rings is 2. The lowest BCUT2D eigenvalue weighted by molar-refractivity contribution is 0.0696. The lowest BCUT2D eigenvalue weighted by Gasteiger charge is -1.99. The van der Waals surface area contributed by atoms with Crippen LogP contribution >= 0.6 is 31.9 Å². The molecule has 0 aromatic heterocycles. The zero-order valence-corrected chi connectivity index (χ0v) is 18.4. The number of hydrogen-bond donors (Lipinski definition) is 2. The van der Waals surface area contributed by atoms with Crippen molar-refractivity contribution < 1.29 is 19.8 Å². The molecular formula is C21H22Br2O4. The summed E-state index contributed by atoms with van der Waals surface area (Å²) in [6, 6.07) is 10.3. The summed E-state index contributed by atoms with van der Waals surface area (Å²) in [7, 11) is 0. The van der Waals surface area contributed by atoms with Crippen molar-refractivity contribution in [2.75, 3.05) is 0 Å². The van der Waals surface area contributed by atoms with Crippen LogP contribution in [0.3, 0.4) is 0 Å². The van der Waals surface area contributed by atoms with Gasteiger partial charge in [-0.1, -0.05) is 63.8 Å². The first-order chi connectivity index (χ1) is 12.7. The molecule has 0 aliphatic heterocycles. The van der Waals surface area contributed by atoms with Crippen LogP contribution < -0.4 is 0 Å². The topological polar surface area (TPSA) is 74.6 Å². The van der Waals surface area contributed by atoms with Gasteiger partial charge in [0.25, 0.3) is 0 Å². The van der Waals surface area contributed by atoms with Crippen molar-refractivity contribution in [1.29, 1.82) is 0 Å². The molecule has 2 aromatic rings. The zero-order valence-electron chi connectivity index (χ0n) is 15.2. The average Bonchev–Trinajstić information content (AvgIpc) is 2.58. The Balaban J connectivity index is 0.000000271. The third-order valence-corrected chi connectivity index (χ3v) is 4.41. The van der Waals surface area contributed by atoms with Gasteiger partial charge in [0.1, 0.15) is 0 Å². The van der Waals surface area contributed by atoms with Gasteiger partial charge in [-0.2, -0.15) is 0 Å². The molecule has 0 unspecified atom stereocenters. The van der Waals surface area contributed by atoms with E-state index in [-0.39, 0.29) is 11.1 Å². The van der Waals surface area contributed by atoms with Crippen molar-refractivity contribution in [3.63, 3.8) is 0 Å². The lowest BCUT2D eigenvalue weighted by atomic mass is 10.1. The van der Waals surface area contributed by atoms with Crippen molar-refractivity contribution >= 4 is 49.9 Å². The maximum absolute atomic E-state index is 10.5. The molecule has 0 spiro atoms. The van der Waals surface area contributed by atoms with Crippen LogP contribution in [0.15, 0.2) is 51.4 Å². The minimum absolute atomic E-state index is 0.00241. The first kappa shape index (κ1) is 23.1. The van der Waals surface area contributed by atoms with Crippen molar-refractivity contribution in [2.45, 2.75) is 33.1 Å². The number of aryl methyl sites for hydroxylation is 1. The average molecular weight is 498 g/mol. The first-order valence-corrected chi connectivity index (χ1v) is 10.0. The van der Waals surface area contributed by atoms with Gasteiger partial charge in [-0.3, -0.25) is 0 Å². The standard InChI is InChI=1S/C12H14Br2.C9H8O4/c1-2-3-4-5-6-10-7-11(13)9-12(14)8-10;1-5-2-6(8(10)11)4-7(3-5)9(12)13/h5-9H,2-4H2,1H3;2-4H,1H3,(H,10,11)(H,12,13). The van der Waals surface area contributed by atoms with E-state index in [2.05, 4.69) is 63.1 Å².